The molecule has 0 spiro atoms. The van der Waals surface area contributed by atoms with Crippen molar-refractivity contribution < 1.29 is 9.90 Å². The molecule has 84 valence electrons. The Labute approximate surface area is 95.7 Å². The first-order valence-electron chi connectivity index (χ1n) is 5.10. The van der Waals surface area contributed by atoms with Crippen LogP contribution in [0.15, 0.2) is 24.3 Å². The van der Waals surface area contributed by atoms with Gasteiger partial charge in [0.05, 0.1) is 0 Å². The van der Waals surface area contributed by atoms with Gasteiger partial charge in [-0.3, -0.25) is 4.79 Å². The number of para-hydroxylation sites is 1. The molecule has 0 saturated carbocycles. The number of hydrogen-bond acceptors (Lipinski definition) is 2. The van der Waals surface area contributed by atoms with Crippen LogP contribution in [0.25, 0.3) is 0 Å². The highest BCUT2D eigenvalue weighted by Crippen LogP contribution is 2.15. The van der Waals surface area contributed by atoms with Gasteiger partial charge in [-0.1, -0.05) is 24.1 Å². The van der Waals surface area contributed by atoms with Crippen molar-refractivity contribution in [3.05, 3.63) is 29.8 Å². The van der Waals surface area contributed by atoms with Gasteiger partial charge in [-0.25, -0.2) is 0 Å². The van der Waals surface area contributed by atoms with Crippen molar-refractivity contribution in [2.45, 2.75) is 13.3 Å². The Morgan fingerprint density at radius 1 is 1.44 bits per heavy atom. The van der Waals surface area contributed by atoms with Gasteiger partial charge in [-0.05, 0) is 30.9 Å². The molecule has 3 heteroatoms. The van der Waals surface area contributed by atoms with Gasteiger partial charge < -0.3 is 10.0 Å². The van der Waals surface area contributed by atoms with Gasteiger partial charge in [0.25, 0.3) is 5.91 Å². The lowest BCUT2D eigenvalue weighted by atomic mass is 10.1. The van der Waals surface area contributed by atoms with Gasteiger partial charge in [0.15, 0.2) is 0 Å². The topological polar surface area (TPSA) is 40.5 Å². The number of phenols is 1. The van der Waals surface area contributed by atoms with Crippen LogP contribution in [0.4, 0.5) is 0 Å². The molecular weight excluding hydrogens is 202 g/mol. The van der Waals surface area contributed by atoms with Crippen molar-refractivity contribution in [3.8, 4) is 17.6 Å². The number of nitrogens with zero attached hydrogens (tertiary/aromatic N) is 1. The molecule has 16 heavy (non-hydrogen) atoms. The number of benzene rings is 1. The molecule has 0 fully saturated rings. The Kier molecular flexibility index (Phi) is 4.41. The van der Waals surface area contributed by atoms with Crippen LogP contribution in [0, 0.1) is 11.8 Å². The van der Waals surface area contributed by atoms with E-state index in [9.17, 15) is 9.90 Å². The zero-order chi connectivity index (χ0) is 12.0. The molecule has 1 rings (SSSR count). The first-order valence-corrected chi connectivity index (χ1v) is 5.10. The molecule has 0 heterocycles. The molecule has 0 atom stereocenters. The van der Waals surface area contributed by atoms with Crippen LogP contribution < -0.4 is 0 Å². The molecule has 0 saturated heterocycles. The van der Waals surface area contributed by atoms with Gasteiger partial charge in [0.2, 0.25) is 0 Å². The number of likely N-dealkylation sites (N-methyl/N-ethyl adjacent to an activating group) is 1. The molecule has 0 radical (unpaired) electrons. The summed E-state index contributed by atoms with van der Waals surface area (Å²) in [4.78, 5) is 12.9. The van der Waals surface area contributed by atoms with Crippen LogP contribution in [0.2, 0.25) is 0 Å². The lowest BCUT2D eigenvalue weighted by molar-refractivity contribution is -0.123. The highest BCUT2D eigenvalue weighted by molar-refractivity contribution is 5.93. The van der Waals surface area contributed by atoms with Crippen LogP contribution in [0.1, 0.15) is 12.5 Å². The van der Waals surface area contributed by atoms with E-state index in [1.54, 1.807) is 31.0 Å². The first kappa shape index (κ1) is 12.1. The van der Waals surface area contributed by atoms with E-state index in [-0.39, 0.29) is 11.7 Å². The third-order valence-electron chi connectivity index (χ3n) is 2.29. The number of amides is 1. The standard InChI is InChI=1S/C13H15NO2/c1-3-6-13(16)14(2)10-9-11-7-4-5-8-12(11)15/h4-5,7-8,15H,9-10H2,1-2H3. The number of aromatic hydroxyl groups is 1. The summed E-state index contributed by atoms with van der Waals surface area (Å²) in [6.45, 7) is 2.18. The minimum absolute atomic E-state index is 0.196. The average Bonchev–Trinajstić information content (AvgIpc) is 2.28. The van der Waals surface area contributed by atoms with Gasteiger partial charge in [-0.15, -0.1) is 0 Å². The lowest BCUT2D eigenvalue weighted by Crippen LogP contribution is -2.27. The van der Waals surface area contributed by atoms with E-state index < -0.39 is 0 Å². The molecule has 0 aliphatic carbocycles. The van der Waals surface area contributed by atoms with Crippen molar-refractivity contribution in [1.29, 1.82) is 0 Å². The maximum absolute atomic E-state index is 11.3. The molecule has 0 aromatic heterocycles. The van der Waals surface area contributed by atoms with Crippen LogP contribution in [-0.4, -0.2) is 29.5 Å². The Morgan fingerprint density at radius 3 is 2.75 bits per heavy atom. The van der Waals surface area contributed by atoms with E-state index in [1.165, 1.54) is 0 Å². The Balaban J connectivity index is 2.54. The lowest BCUT2D eigenvalue weighted by Gasteiger charge is -2.14. The zero-order valence-electron chi connectivity index (χ0n) is 9.53. The van der Waals surface area contributed by atoms with Crippen molar-refractivity contribution in [2.75, 3.05) is 13.6 Å². The second-order valence-corrected chi connectivity index (χ2v) is 3.48. The Hall–Kier alpha value is -1.95. The molecular formula is C13H15NO2. The molecule has 1 amide bonds. The van der Waals surface area contributed by atoms with Gasteiger partial charge in [0.1, 0.15) is 5.75 Å². The highest BCUT2D eigenvalue weighted by Gasteiger charge is 2.06. The first-order chi connectivity index (χ1) is 7.65. The summed E-state index contributed by atoms with van der Waals surface area (Å²) in [5, 5.41) is 9.53. The quantitative estimate of drug-likeness (QED) is 0.778. The van der Waals surface area contributed by atoms with E-state index in [0.717, 1.165) is 5.56 Å². The number of carbonyl (C=O) groups is 1. The molecule has 0 aliphatic rings. The van der Waals surface area contributed by atoms with Crippen molar-refractivity contribution in [3.63, 3.8) is 0 Å². The monoisotopic (exact) mass is 217 g/mol. The molecule has 1 aromatic rings. The van der Waals surface area contributed by atoms with Gasteiger partial charge in [0, 0.05) is 13.6 Å². The van der Waals surface area contributed by atoms with Gasteiger partial charge in [-0.2, -0.15) is 0 Å². The van der Waals surface area contributed by atoms with E-state index in [4.69, 9.17) is 0 Å². The number of hydrogen-bond donors (Lipinski definition) is 1. The fourth-order valence-corrected chi connectivity index (χ4v) is 1.31. The van der Waals surface area contributed by atoms with E-state index in [2.05, 4.69) is 11.8 Å². The molecule has 0 unspecified atom stereocenters. The van der Waals surface area contributed by atoms with Crippen LogP contribution in [0.3, 0.4) is 0 Å². The summed E-state index contributed by atoms with van der Waals surface area (Å²) in [5.41, 5.74) is 0.839. The summed E-state index contributed by atoms with van der Waals surface area (Å²) in [5.74, 6) is 5.11. The minimum atomic E-state index is -0.196. The third-order valence-corrected chi connectivity index (χ3v) is 2.29. The summed E-state index contributed by atoms with van der Waals surface area (Å²) in [6, 6.07) is 7.13. The van der Waals surface area contributed by atoms with Crippen molar-refractivity contribution in [1.82, 2.24) is 4.90 Å². The highest BCUT2D eigenvalue weighted by atomic mass is 16.3. The van der Waals surface area contributed by atoms with E-state index in [0.29, 0.717) is 13.0 Å². The minimum Gasteiger partial charge on any atom is -0.508 e. The average molecular weight is 217 g/mol. The normalized spacial score (nSPS) is 9.12. The molecule has 0 aliphatic heterocycles. The van der Waals surface area contributed by atoms with Gasteiger partial charge >= 0.3 is 0 Å². The van der Waals surface area contributed by atoms with Crippen LogP contribution >= 0.6 is 0 Å². The van der Waals surface area contributed by atoms with E-state index in [1.807, 2.05) is 12.1 Å². The zero-order valence-corrected chi connectivity index (χ0v) is 9.53. The molecule has 3 nitrogen and oxygen atoms in total. The summed E-state index contributed by atoms with van der Waals surface area (Å²) in [7, 11) is 1.70. The fraction of sp³-hybridized carbons (Fsp3) is 0.308. The SMILES string of the molecule is CC#CC(=O)N(C)CCc1ccccc1O. The van der Waals surface area contributed by atoms with Crippen LogP contribution in [-0.2, 0) is 11.2 Å². The van der Waals surface area contributed by atoms with Crippen LogP contribution in [0.5, 0.6) is 5.75 Å². The molecule has 1 aromatic carbocycles. The predicted octanol–water partition coefficient (Wildman–Crippen LogP) is 1.42. The van der Waals surface area contributed by atoms with Crippen molar-refractivity contribution in [2.24, 2.45) is 0 Å². The summed E-state index contributed by atoms with van der Waals surface area (Å²) >= 11 is 0. The Bertz CT molecular complexity index is 429. The summed E-state index contributed by atoms with van der Waals surface area (Å²) < 4.78 is 0. The van der Waals surface area contributed by atoms with E-state index >= 15 is 0 Å². The number of phenolic OH excluding ortho intramolecular Hbond substituents is 1. The molecule has 1 N–H and O–H groups in total. The van der Waals surface area contributed by atoms with Crippen molar-refractivity contribution >= 4 is 5.91 Å². The second kappa shape index (κ2) is 5.82. The largest absolute Gasteiger partial charge is 0.508 e. The maximum Gasteiger partial charge on any atom is 0.298 e. The summed E-state index contributed by atoms with van der Waals surface area (Å²) in [6.07, 6.45) is 0.625. The third kappa shape index (κ3) is 3.32. The smallest absolute Gasteiger partial charge is 0.298 e. The fourth-order valence-electron chi connectivity index (χ4n) is 1.31. The predicted molar refractivity (Wildman–Crippen MR) is 62.9 cm³/mol. The molecule has 0 bridgehead atoms. The number of rotatable bonds is 3. The second-order valence-electron chi connectivity index (χ2n) is 3.48. The maximum atomic E-state index is 11.3. The number of carbonyl (C=O) groups excluding carboxylic acids is 1. The Morgan fingerprint density at radius 2 is 2.12 bits per heavy atom.